The van der Waals surface area contributed by atoms with Crippen LogP contribution < -0.4 is 0 Å². The Labute approximate surface area is 149 Å². The molecule has 0 aromatic heterocycles. The van der Waals surface area contributed by atoms with Crippen LogP contribution in [0.25, 0.3) is 10.6 Å². The Morgan fingerprint density at radius 3 is 1.42 bits per heavy atom. The Hall–Kier alpha value is 1.30. The van der Waals surface area contributed by atoms with Crippen LogP contribution in [0.3, 0.4) is 0 Å². The fourth-order valence-corrected chi connectivity index (χ4v) is 2.26. The summed E-state index contributed by atoms with van der Waals surface area (Å²) in [6.07, 6.45) is 2.62. The van der Waals surface area contributed by atoms with Crippen molar-refractivity contribution < 1.29 is 42.1 Å². The van der Waals surface area contributed by atoms with Gasteiger partial charge in [0.05, 0.1) is 0 Å². The Bertz CT molecular complexity index is 221. The zero-order chi connectivity index (χ0) is 13.1. The third-order valence-electron chi connectivity index (χ3n) is 3.96. The summed E-state index contributed by atoms with van der Waals surface area (Å²) in [5.41, 5.74) is 0.915. The van der Waals surface area contributed by atoms with Crippen molar-refractivity contribution in [3.63, 3.8) is 0 Å². The second kappa shape index (κ2) is 9.34. The van der Waals surface area contributed by atoms with Crippen LogP contribution in [0.5, 0.6) is 0 Å². The van der Waals surface area contributed by atoms with E-state index in [1.165, 1.54) is 12.8 Å². The van der Waals surface area contributed by atoms with Crippen LogP contribution in [0.2, 0.25) is 0 Å². The van der Waals surface area contributed by atoms with E-state index in [2.05, 4.69) is 52.2 Å². The van der Waals surface area contributed by atoms with Crippen molar-refractivity contribution in [3.8, 4) is 0 Å². The third-order valence-corrected chi connectivity index (χ3v) is 3.96. The van der Waals surface area contributed by atoms with E-state index in [9.17, 15) is 0 Å². The fourth-order valence-electron chi connectivity index (χ4n) is 2.26. The van der Waals surface area contributed by atoms with E-state index >= 15 is 0 Å². The zero-order valence-electron chi connectivity index (χ0n) is 13.4. The summed E-state index contributed by atoms with van der Waals surface area (Å²) in [6.45, 7) is 17.0. The van der Waals surface area contributed by atoms with Crippen LogP contribution in [-0.2, 0) is 42.1 Å². The summed E-state index contributed by atoms with van der Waals surface area (Å²) in [6, 6.07) is 0.655. The molecule has 4 heteroatoms. The standard InChI is InChI=1S/C8H16N.C7H14N.2W/c1-8(2,3)7-4-5-9-6-7;1-7(2,3)6-4-5-8-6;;/h7H,4-6H2,1-3H3;6H,4-5H2,1-3H3;;/q2*-1;;. The minimum absolute atomic E-state index is 0. The molecule has 0 aromatic carbocycles. The summed E-state index contributed by atoms with van der Waals surface area (Å²) in [4.78, 5) is 0. The summed E-state index contributed by atoms with van der Waals surface area (Å²) >= 11 is 0. The van der Waals surface area contributed by atoms with Gasteiger partial charge in [-0.05, 0) is 5.41 Å². The maximum Gasteiger partial charge on any atom is 0 e. The van der Waals surface area contributed by atoms with Gasteiger partial charge in [-0.3, -0.25) is 0 Å². The van der Waals surface area contributed by atoms with Crippen LogP contribution in [0.15, 0.2) is 0 Å². The Morgan fingerprint density at radius 2 is 1.32 bits per heavy atom. The topological polar surface area (TPSA) is 28.2 Å². The Balaban J connectivity index is 0. The van der Waals surface area contributed by atoms with E-state index in [1.807, 2.05) is 0 Å². The molecule has 2 atom stereocenters. The second-order valence-corrected chi connectivity index (χ2v) is 7.56. The quantitative estimate of drug-likeness (QED) is 0.386. The van der Waals surface area contributed by atoms with Gasteiger partial charge in [-0.2, -0.15) is 6.54 Å². The molecule has 2 unspecified atom stereocenters. The minimum Gasteiger partial charge on any atom is -0.662 e. The molecule has 19 heavy (non-hydrogen) atoms. The van der Waals surface area contributed by atoms with E-state index in [1.54, 1.807) is 0 Å². The van der Waals surface area contributed by atoms with Crippen molar-refractivity contribution in [2.24, 2.45) is 16.7 Å². The predicted molar refractivity (Wildman–Crippen MR) is 76.7 cm³/mol. The molecule has 2 fully saturated rings. The van der Waals surface area contributed by atoms with Gasteiger partial charge in [0.2, 0.25) is 0 Å². The summed E-state index contributed by atoms with van der Waals surface area (Å²) in [5.74, 6) is 0.845. The van der Waals surface area contributed by atoms with Crippen LogP contribution in [0, 0.1) is 16.7 Å². The van der Waals surface area contributed by atoms with Gasteiger partial charge in [0, 0.05) is 42.1 Å². The molecule has 0 N–H and O–H groups in total. The Kier molecular flexibility index (Phi) is 11.1. The average Bonchev–Trinajstić information content (AvgIpc) is 2.46. The first-order chi connectivity index (χ1) is 7.71. The van der Waals surface area contributed by atoms with Crippen molar-refractivity contribution in [2.75, 3.05) is 19.6 Å². The first-order valence-electron chi connectivity index (χ1n) is 7.01. The summed E-state index contributed by atoms with van der Waals surface area (Å²) in [5, 5.41) is 8.67. The largest absolute Gasteiger partial charge is 0.662 e. The van der Waals surface area contributed by atoms with E-state index in [4.69, 9.17) is 0 Å². The molecule has 114 valence electrons. The molecule has 0 spiro atoms. The summed E-state index contributed by atoms with van der Waals surface area (Å²) < 4.78 is 0. The third kappa shape index (κ3) is 8.35. The van der Waals surface area contributed by atoms with Gasteiger partial charge in [0.15, 0.2) is 0 Å². The van der Waals surface area contributed by atoms with Gasteiger partial charge in [-0.1, -0.05) is 65.7 Å². The molecule has 0 aliphatic carbocycles. The molecule has 2 heterocycles. The van der Waals surface area contributed by atoms with Crippen LogP contribution in [-0.4, -0.2) is 25.7 Å². The smallest absolute Gasteiger partial charge is 0 e. The van der Waals surface area contributed by atoms with Gasteiger partial charge in [0.25, 0.3) is 0 Å². The van der Waals surface area contributed by atoms with Crippen LogP contribution in [0.4, 0.5) is 0 Å². The summed E-state index contributed by atoms with van der Waals surface area (Å²) in [7, 11) is 0. The van der Waals surface area contributed by atoms with Crippen molar-refractivity contribution >= 4 is 0 Å². The average molecular weight is 606 g/mol. The van der Waals surface area contributed by atoms with E-state index < -0.39 is 0 Å². The molecule has 0 aromatic rings. The maximum atomic E-state index is 4.34. The number of nitrogens with zero attached hydrogens (tertiary/aromatic N) is 2. The van der Waals surface area contributed by atoms with E-state index in [-0.39, 0.29) is 42.1 Å². The van der Waals surface area contributed by atoms with Crippen molar-refractivity contribution in [1.82, 2.24) is 0 Å². The van der Waals surface area contributed by atoms with Crippen LogP contribution in [0.1, 0.15) is 54.4 Å². The molecule has 2 aliphatic heterocycles. The molecule has 2 saturated heterocycles. The van der Waals surface area contributed by atoms with Crippen molar-refractivity contribution in [3.05, 3.63) is 10.6 Å². The molecule has 0 amide bonds. The zero-order valence-corrected chi connectivity index (χ0v) is 19.3. The number of hydrogen-bond acceptors (Lipinski definition) is 0. The number of hydrogen-bond donors (Lipinski definition) is 0. The van der Waals surface area contributed by atoms with E-state index in [0.29, 0.717) is 16.9 Å². The van der Waals surface area contributed by atoms with Crippen molar-refractivity contribution in [2.45, 2.75) is 60.4 Å². The molecular formula is C15H30N2W2-2. The van der Waals surface area contributed by atoms with Crippen LogP contribution >= 0.6 is 0 Å². The molecule has 2 rings (SSSR count). The molecule has 2 aliphatic rings. The van der Waals surface area contributed by atoms with Gasteiger partial charge in [0.1, 0.15) is 0 Å². The molecule has 0 bridgehead atoms. The maximum absolute atomic E-state index is 4.34. The van der Waals surface area contributed by atoms with Crippen molar-refractivity contribution in [1.29, 1.82) is 0 Å². The molecule has 2 nitrogen and oxygen atoms in total. The van der Waals surface area contributed by atoms with Gasteiger partial charge >= 0.3 is 0 Å². The fraction of sp³-hybridized carbons (Fsp3) is 1.00. The SMILES string of the molecule is CC(C)(C)C1CC[N-]1.CC(C)(C)C1CC[N-]C1.[W].[W]. The first kappa shape index (κ1) is 22.6. The minimum atomic E-state index is 0. The molecule has 0 saturated carbocycles. The Morgan fingerprint density at radius 1 is 0.789 bits per heavy atom. The molecule has 0 radical (unpaired) electrons. The van der Waals surface area contributed by atoms with Gasteiger partial charge in [-0.15, -0.1) is 19.1 Å². The molecular weight excluding hydrogens is 576 g/mol. The monoisotopic (exact) mass is 606 g/mol. The second-order valence-electron chi connectivity index (χ2n) is 7.56. The predicted octanol–water partition coefficient (Wildman–Crippen LogP) is 4.60. The number of rotatable bonds is 0. The van der Waals surface area contributed by atoms with E-state index in [0.717, 1.165) is 25.6 Å². The van der Waals surface area contributed by atoms with Gasteiger partial charge in [-0.25, -0.2) is 0 Å². The van der Waals surface area contributed by atoms with Gasteiger partial charge < -0.3 is 10.6 Å². The first-order valence-corrected chi connectivity index (χ1v) is 7.01. The normalized spacial score (nSPS) is 26.2.